The van der Waals surface area contributed by atoms with Crippen LogP contribution in [0.3, 0.4) is 0 Å². The van der Waals surface area contributed by atoms with E-state index in [4.69, 9.17) is 4.98 Å². The Bertz CT molecular complexity index is 2120. The number of halogens is 1. The van der Waals surface area contributed by atoms with Crippen molar-refractivity contribution >= 4 is 33.7 Å². The van der Waals surface area contributed by atoms with Crippen molar-refractivity contribution in [3.63, 3.8) is 0 Å². The minimum absolute atomic E-state index is 0.0785. The average Bonchev–Trinajstić information content (AvgIpc) is 3.65. The van der Waals surface area contributed by atoms with Gasteiger partial charge in [-0.25, -0.2) is 14.4 Å². The number of carbonyl (C=O) groups is 1. The number of nitrogens with one attached hydrogen (secondary N) is 3. The summed E-state index contributed by atoms with van der Waals surface area (Å²) in [6.45, 7) is 2.08. The van der Waals surface area contributed by atoms with Gasteiger partial charge in [-0.1, -0.05) is 61.5 Å². The maximum Gasteiger partial charge on any atom is 0.228 e. The summed E-state index contributed by atoms with van der Waals surface area (Å²) in [5, 5.41) is 11.3. The SMILES string of the molecule is CCc1cc(NC(=O)Cc2ccccc2)cc(-c2cnc3n[nH]c(-c4nc5c(-c6ccccc6F)cncc5[nH]4)c3c2)c1. The predicted octanol–water partition coefficient (Wildman–Crippen LogP) is 7.11. The number of rotatable bonds is 7. The van der Waals surface area contributed by atoms with Gasteiger partial charge in [0.25, 0.3) is 0 Å². The quantitative estimate of drug-likeness (QED) is 0.190. The van der Waals surface area contributed by atoms with Gasteiger partial charge in [-0.2, -0.15) is 5.10 Å². The zero-order valence-electron chi connectivity index (χ0n) is 23.2. The van der Waals surface area contributed by atoms with Crippen molar-refractivity contribution in [1.82, 2.24) is 30.1 Å². The molecule has 43 heavy (non-hydrogen) atoms. The first-order valence-corrected chi connectivity index (χ1v) is 14.0. The summed E-state index contributed by atoms with van der Waals surface area (Å²) in [6, 6.07) is 24.3. The predicted molar refractivity (Wildman–Crippen MR) is 166 cm³/mol. The van der Waals surface area contributed by atoms with Gasteiger partial charge in [0, 0.05) is 34.8 Å². The van der Waals surface area contributed by atoms with Gasteiger partial charge in [0.05, 0.1) is 23.5 Å². The summed E-state index contributed by atoms with van der Waals surface area (Å²) in [7, 11) is 0. The summed E-state index contributed by atoms with van der Waals surface area (Å²) < 4.78 is 14.6. The van der Waals surface area contributed by atoms with E-state index in [0.717, 1.165) is 39.7 Å². The van der Waals surface area contributed by atoms with Crippen LogP contribution in [0.1, 0.15) is 18.1 Å². The van der Waals surface area contributed by atoms with Crippen LogP contribution in [0, 0.1) is 5.82 Å². The van der Waals surface area contributed by atoms with E-state index >= 15 is 0 Å². The molecule has 0 saturated carbocycles. The zero-order valence-corrected chi connectivity index (χ0v) is 23.2. The highest BCUT2D eigenvalue weighted by Gasteiger charge is 2.18. The smallest absolute Gasteiger partial charge is 0.228 e. The van der Waals surface area contributed by atoms with Crippen LogP contribution in [0.15, 0.2) is 97.5 Å². The topological polar surface area (TPSA) is 112 Å². The lowest BCUT2D eigenvalue weighted by atomic mass is 10.0. The summed E-state index contributed by atoms with van der Waals surface area (Å²) in [6.07, 6.45) is 6.16. The van der Waals surface area contributed by atoms with E-state index in [1.807, 2.05) is 48.5 Å². The number of benzene rings is 3. The van der Waals surface area contributed by atoms with E-state index < -0.39 is 0 Å². The van der Waals surface area contributed by atoms with Gasteiger partial charge in [0.1, 0.15) is 17.0 Å². The monoisotopic (exact) mass is 567 g/mol. The number of nitrogens with zero attached hydrogens (tertiary/aromatic N) is 4. The highest BCUT2D eigenvalue weighted by atomic mass is 19.1. The maximum absolute atomic E-state index is 14.6. The number of hydrogen-bond donors (Lipinski definition) is 3. The summed E-state index contributed by atoms with van der Waals surface area (Å²) >= 11 is 0. The molecule has 0 aliphatic rings. The van der Waals surface area contributed by atoms with Crippen molar-refractivity contribution < 1.29 is 9.18 Å². The second-order valence-electron chi connectivity index (χ2n) is 10.3. The Hall–Kier alpha value is -5.70. The largest absolute Gasteiger partial charge is 0.335 e. The molecular weight excluding hydrogens is 541 g/mol. The fourth-order valence-corrected chi connectivity index (χ4v) is 5.29. The number of amides is 1. The van der Waals surface area contributed by atoms with Crippen molar-refractivity contribution in [2.24, 2.45) is 0 Å². The molecule has 0 saturated heterocycles. The number of hydrogen-bond acceptors (Lipinski definition) is 5. The standard InChI is InChI=1S/C34H26FN7O/c1-2-20-12-22(15-24(13-20)38-30(43)14-21-8-4-3-5-9-21)23-16-26-32(41-42-33(26)37-17-23)34-39-29-19-36-18-27(31(29)40-34)25-10-6-7-11-28(25)35/h3-13,15-19H,2,14H2,1H3,(H,38,43)(H,39,40)(H,37,41,42). The number of carbonyl (C=O) groups excluding carboxylic acids is 1. The van der Waals surface area contributed by atoms with Crippen molar-refractivity contribution in [3.8, 4) is 33.8 Å². The lowest BCUT2D eigenvalue weighted by Crippen LogP contribution is -2.14. The Kier molecular flexibility index (Phi) is 6.67. The molecule has 0 bridgehead atoms. The number of aromatic nitrogens is 6. The molecule has 210 valence electrons. The van der Waals surface area contributed by atoms with Crippen molar-refractivity contribution in [2.75, 3.05) is 5.32 Å². The zero-order chi connectivity index (χ0) is 29.3. The Labute approximate surface area is 246 Å². The Morgan fingerprint density at radius 3 is 2.56 bits per heavy atom. The van der Waals surface area contributed by atoms with Gasteiger partial charge in [-0.05, 0) is 47.4 Å². The summed E-state index contributed by atoms with van der Waals surface area (Å²) in [5.41, 5.74) is 8.06. The molecule has 4 aromatic heterocycles. The second-order valence-corrected chi connectivity index (χ2v) is 10.3. The van der Waals surface area contributed by atoms with Crippen molar-refractivity contribution in [3.05, 3.63) is 114 Å². The molecule has 0 aliphatic heterocycles. The van der Waals surface area contributed by atoms with E-state index in [-0.39, 0.29) is 11.7 Å². The lowest BCUT2D eigenvalue weighted by Gasteiger charge is -2.11. The van der Waals surface area contributed by atoms with Crippen LogP contribution < -0.4 is 5.32 Å². The highest BCUT2D eigenvalue weighted by molar-refractivity contribution is 5.97. The second kappa shape index (κ2) is 10.9. The average molecular weight is 568 g/mol. The Morgan fingerprint density at radius 1 is 0.884 bits per heavy atom. The third kappa shape index (κ3) is 5.12. The molecular formula is C34H26FN7O. The molecule has 0 radical (unpaired) electrons. The van der Waals surface area contributed by atoms with Crippen LogP contribution in [0.4, 0.5) is 10.1 Å². The van der Waals surface area contributed by atoms with E-state index in [1.165, 1.54) is 6.07 Å². The molecule has 3 N–H and O–H groups in total. The van der Waals surface area contributed by atoms with Gasteiger partial charge < -0.3 is 10.3 Å². The number of anilines is 1. The van der Waals surface area contributed by atoms with Crippen LogP contribution >= 0.6 is 0 Å². The van der Waals surface area contributed by atoms with E-state index in [0.29, 0.717) is 45.7 Å². The molecule has 9 heteroatoms. The Morgan fingerprint density at radius 2 is 1.72 bits per heavy atom. The number of fused-ring (bicyclic) bond motifs is 2. The number of H-pyrrole nitrogens is 2. The molecule has 0 atom stereocenters. The molecule has 0 aliphatic carbocycles. The Balaban J connectivity index is 1.25. The molecule has 7 aromatic rings. The third-order valence-electron chi connectivity index (χ3n) is 7.43. The number of aryl methyl sites for hydroxylation is 1. The molecule has 1 amide bonds. The van der Waals surface area contributed by atoms with E-state index in [2.05, 4.69) is 43.5 Å². The van der Waals surface area contributed by atoms with Crippen LogP contribution in [-0.2, 0) is 17.6 Å². The fourth-order valence-electron chi connectivity index (χ4n) is 5.29. The molecule has 8 nitrogen and oxygen atoms in total. The first-order chi connectivity index (χ1) is 21.1. The van der Waals surface area contributed by atoms with Gasteiger partial charge >= 0.3 is 0 Å². The maximum atomic E-state index is 14.6. The molecule has 4 heterocycles. The van der Waals surface area contributed by atoms with Crippen molar-refractivity contribution in [2.45, 2.75) is 19.8 Å². The fraction of sp³-hybridized carbons (Fsp3) is 0.0882. The minimum atomic E-state index is -0.341. The van der Waals surface area contributed by atoms with Crippen LogP contribution in [0.5, 0.6) is 0 Å². The van der Waals surface area contributed by atoms with Crippen molar-refractivity contribution in [1.29, 1.82) is 0 Å². The van der Waals surface area contributed by atoms with E-state index in [1.54, 1.807) is 36.8 Å². The first-order valence-electron chi connectivity index (χ1n) is 14.0. The molecule has 0 unspecified atom stereocenters. The molecule has 0 spiro atoms. The number of imidazole rings is 1. The van der Waals surface area contributed by atoms with Gasteiger partial charge in [0.2, 0.25) is 5.91 Å². The highest BCUT2D eigenvalue weighted by Crippen LogP contribution is 2.33. The first kappa shape index (κ1) is 26.2. The molecule has 3 aromatic carbocycles. The van der Waals surface area contributed by atoms with Gasteiger partial charge in [-0.15, -0.1) is 0 Å². The van der Waals surface area contributed by atoms with Gasteiger partial charge in [0.15, 0.2) is 11.5 Å². The third-order valence-corrected chi connectivity index (χ3v) is 7.43. The van der Waals surface area contributed by atoms with Crippen LogP contribution in [0.2, 0.25) is 0 Å². The van der Waals surface area contributed by atoms with E-state index in [9.17, 15) is 9.18 Å². The number of pyridine rings is 2. The van der Waals surface area contributed by atoms with Crippen LogP contribution in [-0.4, -0.2) is 36.0 Å². The molecule has 7 rings (SSSR count). The number of aromatic amines is 2. The lowest BCUT2D eigenvalue weighted by molar-refractivity contribution is -0.115. The van der Waals surface area contributed by atoms with Gasteiger partial charge in [-0.3, -0.25) is 14.9 Å². The minimum Gasteiger partial charge on any atom is -0.335 e. The molecule has 0 fully saturated rings. The summed E-state index contributed by atoms with van der Waals surface area (Å²) in [5.74, 6) is 0.121. The van der Waals surface area contributed by atoms with Crippen LogP contribution in [0.25, 0.3) is 55.8 Å². The normalized spacial score (nSPS) is 11.3. The summed E-state index contributed by atoms with van der Waals surface area (Å²) in [4.78, 5) is 29.8.